The van der Waals surface area contributed by atoms with Crippen molar-refractivity contribution in [2.45, 2.75) is 13.0 Å². The average Bonchev–Trinajstić information content (AvgIpc) is 2.26. The van der Waals surface area contributed by atoms with Crippen molar-refractivity contribution in [2.24, 2.45) is 5.73 Å². The molecule has 0 aliphatic heterocycles. The Morgan fingerprint density at radius 1 is 1.53 bits per heavy atom. The van der Waals surface area contributed by atoms with Crippen LogP contribution < -0.4 is 5.73 Å². The standard InChI is InChI=1S/C11H15ClN2O/c1-8(14(2)11(15)7-13)9-5-3-4-6-10(9)12/h3-6,8H,7,13H2,1-2H3. The maximum Gasteiger partial charge on any atom is 0.236 e. The third-order valence-corrected chi connectivity index (χ3v) is 2.85. The topological polar surface area (TPSA) is 46.3 Å². The Bertz CT molecular complexity index is 354. The fourth-order valence-electron chi connectivity index (χ4n) is 1.38. The lowest BCUT2D eigenvalue weighted by atomic mass is 10.1. The van der Waals surface area contributed by atoms with E-state index in [1.165, 1.54) is 0 Å². The lowest BCUT2D eigenvalue weighted by Crippen LogP contribution is -2.34. The van der Waals surface area contributed by atoms with E-state index >= 15 is 0 Å². The van der Waals surface area contributed by atoms with E-state index in [0.29, 0.717) is 5.02 Å². The second-order valence-electron chi connectivity index (χ2n) is 3.41. The number of nitrogens with zero attached hydrogens (tertiary/aromatic N) is 1. The SMILES string of the molecule is CC(c1ccccc1Cl)N(C)C(=O)CN. The molecule has 1 rings (SSSR count). The minimum Gasteiger partial charge on any atom is -0.338 e. The Morgan fingerprint density at radius 3 is 2.67 bits per heavy atom. The zero-order valence-electron chi connectivity index (χ0n) is 8.90. The summed E-state index contributed by atoms with van der Waals surface area (Å²) in [4.78, 5) is 13.0. The van der Waals surface area contributed by atoms with E-state index < -0.39 is 0 Å². The van der Waals surface area contributed by atoms with Gasteiger partial charge in [0.1, 0.15) is 0 Å². The van der Waals surface area contributed by atoms with Crippen LogP contribution in [0.3, 0.4) is 0 Å². The number of carbonyl (C=O) groups excluding carboxylic acids is 1. The van der Waals surface area contributed by atoms with Gasteiger partial charge in [-0.25, -0.2) is 0 Å². The van der Waals surface area contributed by atoms with Gasteiger partial charge in [0.15, 0.2) is 0 Å². The van der Waals surface area contributed by atoms with Gasteiger partial charge in [-0.1, -0.05) is 29.8 Å². The molecule has 0 saturated carbocycles. The van der Waals surface area contributed by atoms with Crippen LogP contribution in [-0.4, -0.2) is 24.4 Å². The van der Waals surface area contributed by atoms with Gasteiger partial charge < -0.3 is 10.6 Å². The Morgan fingerprint density at radius 2 is 2.13 bits per heavy atom. The first-order valence-corrected chi connectivity index (χ1v) is 5.16. The molecule has 0 radical (unpaired) electrons. The fourth-order valence-corrected chi connectivity index (χ4v) is 1.68. The van der Waals surface area contributed by atoms with Gasteiger partial charge in [0.25, 0.3) is 0 Å². The summed E-state index contributed by atoms with van der Waals surface area (Å²) in [5.74, 6) is -0.0950. The minimum atomic E-state index is -0.0950. The van der Waals surface area contributed by atoms with Crippen LogP contribution in [0, 0.1) is 0 Å². The number of rotatable bonds is 3. The Kier molecular flexibility index (Phi) is 4.12. The maximum atomic E-state index is 11.4. The lowest BCUT2D eigenvalue weighted by molar-refractivity contribution is -0.130. The van der Waals surface area contributed by atoms with E-state index in [9.17, 15) is 4.79 Å². The van der Waals surface area contributed by atoms with Gasteiger partial charge in [-0.3, -0.25) is 4.79 Å². The molecule has 2 N–H and O–H groups in total. The monoisotopic (exact) mass is 226 g/mol. The third kappa shape index (κ3) is 2.70. The van der Waals surface area contributed by atoms with Crippen molar-refractivity contribution < 1.29 is 4.79 Å². The molecule has 1 amide bonds. The Balaban J connectivity index is 2.89. The quantitative estimate of drug-likeness (QED) is 0.855. The zero-order chi connectivity index (χ0) is 11.4. The third-order valence-electron chi connectivity index (χ3n) is 2.50. The molecule has 3 nitrogen and oxygen atoms in total. The van der Waals surface area contributed by atoms with E-state index in [-0.39, 0.29) is 18.5 Å². The number of amides is 1. The van der Waals surface area contributed by atoms with Crippen LogP contribution in [-0.2, 0) is 4.79 Å². The number of hydrogen-bond acceptors (Lipinski definition) is 2. The van der Waals surface area contributed by atoms with Crippen molar-refractivity contribution in [1.29, 1.82) is 0 Å². The predicted molar refractivity (Wildman–Crippen MR) is 61.7 cm³/mol. The molecular weight excluding hydrogens is 212 g/mol. The van der Waals surface area contributed by atoms with Gasteiger partial charge in [0.2, 0.25) is 5.91 Å². The number of likely N-dealkylation sites (N-methyl/N-ethyl adjacent to an activating group) is 1. The highest BCUT2D eigenvalue weighted by molar-refractivity contribution is 6.31. The van der Waals surface area contributed by atoms with Crippen LogP contribution in [0.1, 0.15) is 18.5 Å². The smallest absolute Gasteiger partial charge is 0.236 e. The summed E-state index contributed by atoms with van der Waals surface area (Å²) < 4.78 is 0. The molecule has 0 aliphatic carbocycles. The van der Waals surface area contributed by atoms with Crippen LogP contribution in [0.4, 0.5) is 0 Å². The average molecular weight is 227 g/mol. The molecule has 82 valence electrons. The summed E-state index contributed by atoms with van der Waals surface area (Å²) >= 11 is 6.04. The van der Waals surface area contributed by atoms with Gasteiger partial charge in [0, 0.05) is 12.1 Å². The highest BCUT2D eigenvalue weighted by Crippen LogP contribution is 2.25. The van der Waals surface area contributed by atoms with E-state index in [4.69, 9.17) is 17.3 Å². The van der Waals surface area contributed by atoms with Gasteiger partial charge >= 0.3 is 0 Å². The normalized spacial score (nSPS) is 12.3. The molecular formula is C11H15ClN2O. The number of nitrogens with two attached hydrogens (primary N) is 1. The van der Waals surface area contributed by atoms with Gasteiger partial charge in [-0.2, -0.15) is 0 Å². The van der Waals surface area contributed by atoms with Crippen molar-refractivity contribution in [3.63, 3.8) is 0 Å². The highest BCUT2D eigenvalue weighted by Gasteiger charge is 2.17. The molecule has 0 aromatic heterocycles. The second-order valence-corrected chi connectivity index (χ2v) is 3.81. The molecule has 0 saturated heterocycles. The maximum absolute atomic E-state index is 11.4. The van der Waals surface area contributed by atoms with E-state index in [0.717, 1.165) is 5.56 Å². The number of carbonyl (C=O) groups is 1. The Hall–Kier alpha value is -1.06. The predicted octanol–water partition coefficient (Wildman–Crippen LogP) is 1.82. The van der Waals surface area contributed by atoms with Crippen LogP contribution >= 0.6 is 11.6 Å². The molecule has 0 aliphatic rings. The van der Waals surface area contributed by atoms with Crippen LogP contribution in [0.25, 0.3) is 0 Å². The van der Waals surface area contributed by atoms with Crippen LogP contribution in [0.5, 0.6) is 0 Å². The molecule has 15 heavy (non-hydrogen) atoms. The summed E-state index contributed by atoms with van der Waals surface area (Å²) in [6.07, 6.45) is 0. The Labute approximate surface area is 94.8 Å². The van der Waals surface area contributed by atoms with Crippen LogP contribution in [0.2, 0.25) is 5.02 Å². The number of hydrogen-bond donors (Lipinski definition) is 1. The second kappa shape index (κ2) is 5.14. The zero-order valence-corrected chi connectivity index (χ0v) is 9.66. The summed E-state index contributed by atoms with van der Waals surface area (Å²) in [5.41, 5.74) is 6.24. The van der Waals surface area contributed by atoms with Crippen molar-refractivity contribution >= 4 is 17.5 Å². The van der Waals surface area contributed by atoms with Gasteiger partial charge in [0.05, 0.1) is 12.6 Å². The summed E-state index contributed by atoms with van der Waals surface area (Å²) in [5, 5.41) is 0.668. The molecule has 1 atom stereocenters. The first-order valence-electron chi connectivity index (χ1n) is 4.78. The van der Waals surface area contributed by atoms with Crippen molar-refractivity contribution in [2.75, 3.05) is 13.6 Å². The van der Waals surface area contributed by atoms with Crippen LogP contribution in [0.15, 0.2) is 24.3 Å². The molecule has 0 fully saturated rings. The molecule has 1 unspecified atom stereocenters. The fraction of sp³-hybridized carbons (Fsp3) is 0.364. The van der Waals surface area contributed by atoms with Gasteiger partial charge in [-0.15, -0.1) is 0 Å². The first-order chi connectivity index (χ1) is 7.07. The molecule has 0 spiro atoms. The van der Waals surface area contributed by atoms with E-state index in [1.807, 2.05) is 31.2 Å². The lowest BCUT2D eigenvalue weighted by Gasteiger charge is -2.25. The van der Waals surface area contributed by atoms with E-state index in [1.54, 1.807) is 11.9 Å². The highest BCUT2D eigenvalue weighted by atomic mass is 35.5. The molecule has 0 bridgehead atoms. The minimum absolute atomic E-state index is 0.0191. The number of benzene rings is 1. The molecule has 1 aromatic carbocycles. The van der Waals surface area contributed by atoms with Crippen molar-refractivity contribution in [1.82, 2.24) is 4.90 Å². The first kappa shape index (κ1) is 12.0. The summed E-state index contributed by atoms with van der Waals surface area (Å²) in [6, 6.07) is 7.43. The largest absolute Gasteiger partial charge is 0.338 e. The molecule has 1 aromatic rings. The van der Waals surface area contributed by atoms with Crippen molar-refractivity contribution in [3.8, 4) is 0 Å². The van der Waals surface area contributed by atoms with E-state index in [2.05, 4.69) is 0 Å². The van der Waals surface area contributed by atoms with Gasteiger partial charge in [-0.05, 0) is 18.6 Å². The number of halogens is 1. The molecule has 0 heterocycles. The summed E-state index contributed by atoms with van der Waals surface area (Å²) in [7, 11) is 1.73. The molecule has 4 heteroatoms. The summed E-state index contributed by atoms with van der Waals surface area (Å²) in [6.45, 7) is 1.94. The van der Waals surface area contributed by atoms with Crippen molar-refractivity contribution in [3.05, 3.63) is 34.9 Å².